The highest BCUT2D eigenvalue weighted by atomic mass is 16.8. The summed E-state index contributed by atoms with van der Waals surface area (Å²) in [5.74, 6) is -0.569. The van der Waals surface area contributed by atoms with E-state index in [1.54, 1.807) is 0 Å². The minimum Gasteiger partial charge on any atom is -0.393 e. The van der Waals surface area contributed by atoms with E-state index in [1.807, 2.05) is 19.9 Å². The van der Waals surface area contributed by atoms with Crippen molar-refractivity contribution >= 4 is 11.6 Å². The number of aliphatic hydroxyl groups is 2. The van der Waals surface area contributed by atoms with E-state index in [1.165, 1.54) is 5.57 Å². The van der Waals surface area contributed by atoms with Crippen LogP contribution in [0.1, 0.15) is 66.2 Å². The van der Waals surface area contributed by atoms with Gasteiger partial charge in [-0.3, -0.25) is 9.59 Å². The van der Waals surface area contributed by atoms with Gasteiger partial charge < -0.3 is 19.7 Å². The van der Waals surface area contributed by atoms with Gasteiger partial charge in [0.15, 0.2) is 23.0 Å². The Morgan fingerprint density at radius 2 is 1.97 bits per heavy atom. The Balaban J connectivity index is 1.58. The lowest BCUT2D eigenvalue weighted by Crippen LogP contribution is -2.64. The molecule has 0 amide bonds. The molecule has 0 aromatic rings. The second kappa shape index (κ2) is 6.25. The third-order valence-electron chi connectivity index (χ3n) is 9.45. The summed E-state index contributed by atoms with van der Waals surface area (Å²) in [7, 11) is 0. The first-order valence-corrected chi connectivity index (χ1v) is 11.4. The van der Waals surface area contributed by atoms with Crippen molar-refractivity contribution in [2.24, 2.45) is 28.6 Å². The fourth-order valence-electron chi connectivity index (χ4n) is 8.40. The summed E-state index contributed by atoms with van der Waals surface area (Å²) in [6.07, 6.45) is 5.05. The quantitative estimate of drug-likeness (QED) is 0.716. The van der Waals surface area contributed by atoms with Gasteiger partial charge in [0, 0.05) is 11.8 Å². The van der Waals surface area contributed by atoms with Crippen molar-refractivity contribution in [2.45, 2.75) is 89.8 Å². The molecule has 0 radical (unpaired) electrons. The molecule has 0 aromatic carbocycles. The van der Waals surface area contributed by atoms with Gasteiger partial charge in [-0.2, -0.15) is 0 Å². The summed E-state index contributed by atoms with van der Waals surface area (Å²) < 4.78 is 12.6. The van der Waals surface area contributed by atoms with Gasteiger partial charge in [-0.1, -0.05) is 19.4 Å². The molecule has 6 nitrogen and oxygen atoms in total. The zero-order valence-electron chi connectivity index (χ0n) is 18.4. The van der Waals surface area contributed by atoms with E-state index >= 15 is 0 Å². The lowest BCUT2D eigenvalue weighted by atomic mass is 9.45. The van der Waals surface area contributed by atoms with Crippen LogP contribution < -0.4 is 0 Å². The van der Waals surface area contributed by atoms with Gasteiger partial charge in [-0.25, -0.2) is 0 Å². The largest absolute Gasteiger partial charge is 0.393 e. The molecular weight excluding hydrogens is 384 g/mol. The fourth-order valence-corrected chi connectivity index (χ4v) is 8.40. The minimum atomic E-state index is -1.22. The third-order valence-corrected chi connectivity index (χ3v) is 9.45. The number of rotatable bonds is 2. The van der Waals surface area contributed by atoms with Gasteiger partial charge in [0.2, 0.25) is 0 Å². The van der Waals surface area contributed by atoms with Crippen LogP contribution in [-0.4, -0.2) is 52.0 Å². The lowest BCUT2D eigenvalue weighted by molar-refractivity contribution is -0.227. The molecule has 1 heterocycles. The van der Waals surface area contributed by atoms with Crippen molar-refractivity contribution in [1.82, 2.24) is 0 Å². The Bertz CT molecular complexity index is 832. The molecule has 2 N–H and O–H groups in total. The molecular formula is C24H34O6. The maximum Gasteiger partial charge on any atom is 0.193 e. The Kier molecular flexibility index (Phi) is 4.33. The third kappa shape index (κ3) is 2.39. The summed E-state index contributed by atoms with van der Waals surface area (Å²) in [6.45, 7) is 7.32. The summed E-state index contributed by atoms with van der Waals surface area (Å²) in [4.78, 5) is 25.2. The van der Waals surface area contributed by atoms with Crippen LogP contribution in [0.25, 0.3) is 0 Å². The van der Waals surface area contributed by atoms with Crippen molar-refractivity contribution in [2.75, 3.05) is 6.61 Å². The van der Waals surface area contributed by atoms with Crippen LogP contribution in [0, 0.1) is 28.6 Å². The molecule has 30 heavy (non-hydrogen) atoms. The number of Topliss-reactive ketones (excluding diaryl/α,β-unsaturated/α-hetero) is 1. The summed E-state index contributed by atoms with van der Waals surface area (Å²) in [5.41, 5.74) is -0.810. The number of ketones is 2. The summed E-state index contributed by atoms with van der Waals surface area (Å²) in [5, 5.41) is 21.4. The van der Waals surface area contributed by atoms with E-state index in [9.17, 15) is 19.8 Å². The van der Waals surface area contributed by atoms with Crippen LogP contribution >= 0.6 is 0 Å². The molecule has 166 valence electrons. The van der Waals surface area contributed by atoms with Crippen LogP contribution in [0.15, 0.2) is 11.6 Å². The monoisotopic (exact) mass is 418 g/mol. The molecule has 8 atom stereocenters. The Labute approximate surface area is 178 Å². The maximum atomic E-state index is 13.2. The number of ether oxygens (including phenoxy) is 2. The van der Waals surface area contributed by atoms with Crippen molar-refractivity contribution in [3.63, 3.8) is 0 Å². The van der Waals surface area contributed by atoms with Crippen molar-refractivity contribution in [1.29, 1.82) is 0 Å². The van der Waals surface area contributed by atoms with Crippen LogP contribution in [0.5, 0.6) is 0 Å². The number of hydrogen-bond donors (Lipinski definition) is 2. The topological polar surface area (TPSA) is 93.1 Å². The lowest BCUT2D eigenvalue weighted by Gasteiger charge is -2.60. The average molecular weight is 419 g/mol. The number of carbonyl (C=O) groups is 2. The Morgan fingerprint density at radius 3 is 2.67 bits per heavy atom. The molecule has 0 unspecified atom stereocenters. The molecule has 5 aliphatic rings. The van der Waals surface area contributed by atoms with Gasteiger partial charge in [0.05, 0.1) is 12.2 Å². The molecule has 0 spiro atoms. The molecule has 6 heteroatoms. The number of fused-ring (bicyclic) bond motifs is 7. The summed E-state index contributed by atoms with van der Waals surface area (Å²) >= 11 is 0. The molecule has 1 saturated heterocycles. The molecule has 0 aromatic heterocycles. The van der Waals surface area contributed by atoms with E-state index in [4.69, 9.17) is 9.47 Å². The van der Waals surface area contributed by atoms with Gasteiger partial charge in [-0.05, 0) is 75.2 Å². The summed E-state index contributed by atoms with van der Waals surface area (Å²) in [6, 6.07) is 0. The molecule has 0 bridgehead atoms. The standard InChI is InChI=1S/C24H34O6/c1-21(2)29-19-10-16-15-6-5-13-9-14(26)7-8-22(13,3)20(15)17(27)11-23(16,4)24(19,30-21)18(28)12-25/h9,15-17,19-20,25,27H,5-8,10-12H2,1-4H3/t15-,16-,17+,19+,20+,22+,23-,24+/m1/s1. The van der Waals surface area contributed by atoms with Crippen molar-refractivity contribution in [3.8, 4) is 0 Å². The zero-order valence-corrected chi connectivity index (χ0v) is 18.4. The minimum absolute atomic E-state index is 0.0665. The normalized spacial score (nSPS) is 51.5. The highest BCUT2D eigenvalue weighted by Gasteiger charge is 2.76. The molecule has 5 rings (SSSR count). The number of allylic oxidation sites excluding steroid dienone is 1. The number of aliphatic hydroxyl groups excluding tert-OH is 2. The Morgan fingerprint density at radius 1 is 1.23 bits per heavy atom. The molecule has 4 aliphatic carbocycles. The van der Waals surface area contributed by atoms with E-state index in [-0.39, 0.29) is 34.7 Å². The van der Waals surface area contributed by atoms with Gasteiger partial charge in [-0.15, -0.1) is 0 Å². The molecule has 1 aliphatic heterocycles. The zero-order chi connectivity index (χ0) is 21.7. The van der Waals surface area contributed by atoms with Crippen LogP contribution in [0.2, 0.25) is 0 Å². The van der Waals surface area contributed by atoms with E-state index in [0.29, 0.717) is 19.3 Å². The molecule has 4 fully saturated rings. The number of carbonyl (C=O) groups excluding carboxylic acids is 2. The van der Waals surface area contributed by atoms with Crippen molar-refractivity contribution in [3.05, 3.63) is 11.6 Å². The van der Waals surface area contributed by atoms with Crippen molar-refractivity contribution < 1.29 is 29.3 Å². The van der Waals surface area contributed by atoms with Gasteiger partial charge >= 0.3 is 0 Å². The highest BCUT2D eigenvalue weighted by Crippen LogP contribution is 2.70. The van der Waals surface area contributed by atoms with Crippen LogP contribution in [-0.2, 0) is 19.1 Å². The first-order valence-electron chi connectivity index (χ1n) is 11.4. The van der Waals surface area contributed by atoms with Crippen LogP contribution in [0.3, 0.4) is 0 Å². The first kappa shape index (κ1) is 20.8. The first-order chi connectivity index (χ1) is 14.0. The Hall–Kier alpha value is -1.08. The molecule has 3 saturated carbocycles. The highest BCUT2D eigenvalue weighted by molar-refractivity contribution is 5.92. The second-order valence-corrected chi connectivity index (χ2v) is 11.2. The second-order valence-electron chi connectivity index (χ2n) is 11.2. The van der Waals surface area contributed by atoms with E-state index in [0.717, 1.165) is 19.3 Å². The maximum absolute atomic E-state index is 13.2. The number of hydrogen-bond acceptors (Lipinski definition) is 6. The van der Waals surface area contributed by atoms with E-state index in [2.05, 4.69) is 13.8 Å². The average Bonchev–Trinajstić information content (AvgIpc) is 3.07. The predicted molar refractivity (Wildman–Crippen MR) is 108 cm³/mol. The van der Waals surface area contributed by atoms with Gasteiger partial charge in [0.1, 0.15) is 6.61 Å². The van der Waals surface area contributed by atoms with E-state index < -0.39 is 35.6 Å². The van der Waals surface area contributed by atoms with Crippen LogP contribution in [0.4, 0.5) is 0 Å². The SMILES string of the molecule is CC1(C)O[C@H]2C[C@@H]3[C@H]4CCC5=CC(=O)CC[C@]5(C)[C@@H]4[C@@H](O)C[C@@]3(C)[C@@]2(C(=O)CO)O1. The fraction of sp³-hybridized carbons (Fsp3) is 0.833. The smallest absolute Gasteiger partial charge is 0.193 e. The van der Waals surface area contributed by atoms with Gasteiger partial charge in [0.25, 0.3) is 0 Å². The predicted octanol–water partition coefficient (Wildman–Crippen LogP) is 2.55.